The Morgan fingerprint density at radius 3 is 2.48 bits per heavy atom. The van der Waals surface area contributed by atoms with Gasteiger partial charge in [-0.15, -0.1) is 6.58 Å². The van der Waals surface area contributed by atoms with E-state index in [1.165, 1.54) is 37.5 Å². The highest BCUT2D eigenvalue weighted by Gasteiger charge is 2.13. The number of sulfonamides is 1. The Hall–Kier alpha value is -2.19. The molecule has 1 aromatic carbocycles. The second kappa shape index (κ2) is 9.06. The van der Waals surface area contributed by atoms with Crippen LogP contribution in [0.3, 0.4) is 0 Å². The van der Waals surface area contributed by atoms with E-state index in [4.69, 9.17) is 0 Å². The number of rotatable bonds is 9. The number of hydrogen-bond donors (Lipinski definition) is 2. The molecule has 0 aliphatic heterocycles. The van der Waals surface area contributed by atoms with Gasteiger partial charge in [0, 0.05) is 25.1 Å². The summed E-state index contributed by atoms with van der Waals surface area (Å²) in [6.07, 6.45) is 2.13. The molecule has 0 bridgehead atoms. The van der Waals surface area contributed by atoms with Gasteiger partial charge in [-0.25, -0.2) is 13.1 Å². The quantitative estimate of drug-likeness (QED) is 0.394. The van der Waals surface area contributed by atoms with E-state index in [1.807, 2.05) is 0 Å². The molecule has 0 fully saturated rings. The van der Waals surface area contributed by atoms with Gasteiger partial charge in [-0.1, -0.05) is 6.08 Å². The van der Waals surface area contributed by atoms with Crippen molar-refractivity contribution in [2.75, 3.05) is 20.2 Å². The van der Waals surface area contributed by atoms with Crippen LogP contribution in [0, 0.1) is 0 Å². The fraction of sp³-hybridized carbons (Fsp3) is 0.333. The summed E-state index contributed by atoms with van der Waals surface area (Å²) in [6, 6.07) is 5.57. The molecule has 0 atom stereocenters. The van der Waals surface area contributed by atoms with Crippen molar-refractivity contribution in [3.63, 3.8) is 0 Å². The van der Waals surface area contributed by atoms with Gasteiger partial charge < -0.3 is 10.1 Å². The predicted molar refractivity (Wildman–Crippen MR) is 85.4 cm³/mol. The molecule has 0 aliphatic carbocycles. The smallest absolute Gasteiger partial charge is 0.305 e. The van der Waals surface area contributed by atoms with Crippen LogP contribution in [0.15, 0.2) is 41.8 Å². The fourth-order valence-electron chi connectivity index (χ4n) is 1.68. The topological polar surface area (TPSA) is 102 Å². The maximum Gasteiger partial charge on any atom is 0.305 e. The summed E-state index contributed by atoms with van der Waals surface area (Å²) >= 11 is 0. The minimum Gasteiger partial charge on any atom is -0.469 e. The van der Waals surface area contributed by atoms with Crippen LogP contribution in [0.1, 0.15) is 23.2 Å². The number of hydrogen-bond acceptors (Lipinski definition) is 5. The van der Waals surface area contributed by atoms with Gasteiger partial charge in [0.05, 0.1) is 12.0 Å². The molecule has 0 heterocycles. The molecule has 0 aromatic heterocycles. The number of benzene rings is 1. The lowest BCUT2D eigenvalue weighted by molar-refractivity contribution is -0.140. The van der Waals surface area contributed by atoms with E-state index in [9.17, 15) is 18.0 Å². The molecule has 7 nitrogen and oxygen atoms in total. The monoisotopic (exact) mass is 340 g/mol. The first-order valence-corrected chi connectivity index (χ1v) is 8.44. The van der Waals surface area contributed by atoms with Crippen LogP contribution in [0.5, 0.6) is 0 Å². The van der Waals surface area contributed by atoms with Crippen molar-refractivity contribution in [1.29, 1.82) is 0 Å². The lowest BCUT2D eigenvalue weighted by atomic mass is 10.2. The van der Waals surface area contributed by atoms with Crippen LogP contribution in [0.25, 0.3) is 0 Å². The van der Waals surface area contributed by atoms with Gasteiger partial charge in [0.25, 0.3) is 5.91 Å². The minimum absolute atomic E-state index is 0.0709. The van der Waals surface area contributed by atoms with E-state index in [0.717, 1.165) is 0 Å². The van der Waals surface area contributed by atoms with Crippen LogP contribution >= 0.6 is 0 Å². The van der Waals surface area contributed by atoms with E-state index >= 15 is 0 Å². The van der Waals surface area contributed by atoms with E-state index in [0.29, 0.717) is 18.5 Å². The zero-order chi connectivity index (χ0) is 17.3. The van der Waals surface area contributed by atoms with E-state index < -0.39 is 10.0 Å². The van der Waals surface area contributed by atoms with Crippen molar-refractivity contribution >= 4 is 21.9 Å². The Kier molecular flexibility index (Phi) is 7.43. The van der Waals surface area contributed by atoms with Crippen LogP contribution in [-0.4, -0.2) is 40.5 Å². The summed E-state index contributed by atoms with van der Waals surface area (Å²) < 4.78 is 30.6. The third-order valence-corrected chi connectivity index (χ3v) is 4.35. The Morgan fingerprint density at radius 1 is 1.26 bits per heavy atom. The first kappa shape index (κ1) is 18.9. The van der Waals surface area contributed by atoms with Crippen molar-refractivity contribution in [3.05, 3.63) is 42.5 Å². The van der Waals surface area contributed by atoms with Crippen molar-refractivity contribution < 1.29 is 22.7 Å². The molecular formula is C15H20N2O5S. The third-order valence-electron chi connectivity index (χ3n) is 2.92. The van der Waals surface area contributed by atoms with Crippen LogP contribution < -0.4 is 10.0 Å². The number of ether oxygens (including phenoxy) is 1. The third kappa shape index (κ3) is 6.21. The summed E-state index contributed by atoms with van der Waals surface area (Å²) in [5.74, 6) is -0.668. The molecule has 0 radical (unpaired) electrons. The van der Waals surface area contributed by atoms with Gasteiger partial charge in [0.2, 0.25) is 10.0 Å². The summed E-state index contributed by atoms with van der Waals surface area (Å²) in [6.45, 7) is 3.90. The zero-order valence-electron chi connectivity index (χ0n) is 12.9. The Bertz CT molecular complexity index is 653. The van der Waals surface area contributed by atoms with Gasteiger partial charge in [-0.2, -0.15) is 0 Å². The fourth-order valence-corrected chi connectivity index (χ4v) is 2.67. The Labute approximate surface area is 135 Å². The number of methoxy groups -OCH3 is 1. The van der Waals surface area contributed by atoms with Crippen LogP contribution in [0.4, 0.5) is 0 Å². The number of carbonyl (C=O) groups excluding carboxylic acids is 2. The number of amides is 1. The second-order valence-corrected chi connectivity index (χ2v) is 6.37. The van der Waals surface area contributed by atoms with E-state index in [1.54, 1.807) is 0 Å². The molecule has 1 rings (SSSR count). The lowest BCUT2D eigenvalue weighted by Crippen LogP contribution is -2.26. The summed E-state index contributed by atoms with van der Waals surface area (Å²) in [5.41, 5.74) is 0.339. The largest absolute Gasteiger partial charge is 0.469 e. The molecule has 2 N–H and O–H groups in total. The van der Waals surface area contributed by atoms with Gasteiger partial charge in [0.1, 0.15) is 0 Å². The minimum atomic E-state index is -3.60. The van der Waals surface area contributed by atoms with Crippen LogP contribution in [-0.2, 0) is 19.6 Å². The normalized spacial score (nSPS) is 10.8. The first-order chi connectivity index (χ1) is 10.9. The first-order valence-electron chi connectivity index (χ1n) is 6.96. The maximum atomic E-state index is 11.9. The van der Waals surface area contributed by atoms with E-state index in [2.05, 4.69) is 21.4 Å². The standard InChI is InChI=1S/C15H20N2O5S/c1-3-10-17-23(20,21)13-8-6-12(7-9-13)15(19)16-11-4-5-14(18)22-2/h3,6-9,17H,1,4-5,10-11H2,2H3,(H,16,19). The van der Waals surface area contributed by atoms with Crippen molar-refractivity contribution in [2.24, 2.45) is 0 Å². The van der Waals surface area contributed by atoms with Crippen molar-refractivity contribution in [3.8, 4) is 0 Å². The van der Waals surface area contributed by atoms with Gasteiger partial charge in [-0.05, 0) is 30.7 Å². The molecule has 8 heteroatoms. The highest BCUT2D eigenvalue weighted by molar-refractivity contribution is 7.89. The number of carbonyl (C=O) groups is 2. The Morgan fingerprint density at radius 2 is 1.91 bits per heavy atom. The second-order valence-electron chi connectivity index (χ2n) is 4.60. The van der Waals surface area contributed by atoms with Crippen LogP contribution in [0.2, 0.25) is 0 Å². The summed E-state index contributed by atoms with van der Waals surface area (Å²) in [4.78, 5) is 22.9. The number of esters is 1. The molecule has 23 heavy (non-hydrogen) atoms. The average Bonchev–Trinajstić information content (AvgIpc) is 2.56. The molecule has 0 saturated heterocycles. The van der Waals surface area contributed by atoms with Gasteiger partial charge in [-0.3, -0.25) is 9.59 Å². The lowest BCUT2D eigenvalue weighted by Gasteiger charge is -2.07. The molecule has 0 saturated carbocycles. The summed E-state index contributed by atoms with van der Waals surface area (Å²) in [5, 5.41) is 2.65. The highest BCUT2D eigenvalue weighted by atomic mass is 32.2. The zero-order valence-corrected chi connectivity index (χ0v) is 13.7. The SMILES string of the molecule is C=CCNS(=O)(=O)c1ccc(C(=O)NCCCC(=O)OC)cc1. The molecule has 1 amide bonds. The predicted octanol–water partition coefficient (Wildman–Crippen LogP) is 0.834. The molecule has 1 aromatic rings. The van der Waals surface area contributed by atoms with Crippen molar-refractivity contribution in [1.82, 2.24) is 10.0 Å². The van der Waals surface area contributed by atoms with Gasteiger partial charge in [0.15, 0.2) is 0 Å². The number of nitrogens with one attached hydrogen (secondary N) is 2. The highest BCUT2D eigenvalue weighted by Crippen LogP contribution is 2.10. The molecule has 126 valence electrons. The molecule has 0 aliphatic rings. The Balaban J connectivity index is 2.57. The van der Waals surface area contributed by atoms with Crippen molar-refractivity contribution in [2.45, 2.75) is 17.7 Å². The van der Waals surface area contributed by atoms with E-state index in [-0.39, 0.29) is 29.7 Å². The van der Waals surface area contributed by atoms with Gasteiger partial charge >= 0.3 is 5.97 Å². The molecule has 0 unspecified atom stereocenters. The molecular weight excluding hydrogens is 320 g/mol. The molecule has 0 spiro atoms. The average molecular weight is 340 g/mol. The summed E-state index contributed by atoms with van der Waals surface area (Å²) in [7, 11) is -2.30. The maximum absolute atomic E-state index is 11.9.